The predicted molar refractivity (Wildman–Crippen MR) is 114 cm³/mol. The van der Waals surface area contributed by atoms with Crippen LogP contribution in [-0.2, 0) is 14.8 Å². The van der Waals surface area contributed by atoms with E-state index in [1.807, 2.05) is 32.0 Å². The fraction of sp³-hybridized carbons (Fsp3) is 0.409. The Bertz CT molecular complexity index is 943. The largest absolute Gasteiger partial charge is 0.484 e. The number of hydrogen-bond donors (Lipinski definition) is 1. The van der Waals surface area contributed by atoms with Gasteiger partial charge in [-0.3, -0.25) is 4.79 Å². The van der Waals surface area contributed by atoms with Gasteiger partial charge in [0.2, 0.25) is 10.0 Å². The molecule has 1 aliphatic rings. The molecule has 1 saturated heterocycles. The first kappa shape index (κ1) is 21.3. The molecule has 0 atom stereocenters. The number of ether oxygens (including phenoxy) is 1. The summed E-state index contributed by atoms with van der Waals surface area (Å²) in [6, 6.07) is 12.1. The van der Waals surface area contributed by atoms with Gasteiger partial charge in [-0.25, -0.2) is 8.42 Å². The number of amides is 1. The molecule has 0 bridgehead atoms. The summed E-state index contributed by atoms with van der Waals surface area (Å²) in [5.74, 6) is 0.907. The van der Waals surface area contributed by atoms with Gasteiger partial charge in [-0.15, -0.1) is 0 Å². The molecule has 0 radical (unpaired) electrons. The van der Waals surface area contributed by atoms with Gasteiger partial charge in [-0.2, -0.15) is 4.31 Å². The maximum absolute atomic E-state index is 12.8. The number of anilines is 1. The maximum atomic E-state index is 12.8. The van der Waals surface area contributed by atoms with Crippen LogP contribution in [-0.4, -0.2) is 38.3 Å². The second kappa shape index (κ2) is 8.97. The minimum atomic E-state index is -3.49. The molecule has 0 aliphatic carbocycles. The molecular weight excluding hydrogens is 388 g/mol. The summed E-state index contributed by atoms with van der Waals surface area (Å²) < 4.78 is 32.6. The zero-order chi connectivity index (χ0) is 21.0. The minimum Gasteiger partial charge on any atom is -0.484 e. The Kier molecular flexibility index (Phi) is 6.59. The van der Waals surface area contributed by atoms with Gasteiger partial charge in [0.15, 0.2) is 6.61 Å². The fourth-order valence-corrected chi connectivity index (χ4v) is 4.92. The Morgan fingerprint density at radius 3 is 2.24 bits per heavy atom. The number of piperidine rings is 1. The molecule has 156 valence electrons. The van der Waals surface area contributed by atoms with Gasteiger partial charge in [-0.1, -0.05) is 13.0 Å². The highest BCUT2D eigenvalue weighted by atomic mass is 32.2. The summed E-state index contributed by atoms with van der Waals surface area (Å²) in [7, 11) is -3.49. The van der Waals surface area contributed by atoms with Crippen LogP contribution in [0.5, 0.6) is 5.75 Å². The highest BCUT2D eigenvalue weighted by molar-refractivity contribution is 7.89. The van der Waals surface area contributed by atoms with E-state index in [4.69, 9.17) is 4.74 Å². The quantitative estimate of drug-likeness (QED) is 0.778. The number of nitrogens with one attached hydrogen (secondary N) is 1. The van der Waals surface area contributed by atoms with Crippen molar-refractivity contribution in [3.8, 4) is 5.75 Å². The van der Waals surface area contributed by atoms with Gasteiger partial charge < -0.3 is 10.1 Å². The van der Waals surface area contributed by atoms with E-state index < -0.39 is 10.0 Å². The van der Waals surface area contributed by atoms with Gasteiger partial charge in [0, 0.05) is 18.8 Å². The predicted octanol–water partition coefficient (Wildman–Crippen LogP) is 3.74. The van der Waals surface area contributed by atoms with E-state index in [1.165, 1.54) is 16.4 Å². The molecule has 1 heterocycles. The van der Waals surface area contributed by atoms with E-state index >= 15 is 0 Å². The van der Waals surface area contributed by atoms with Crippen LogP contribution in [0, 0.1) is 19.8 Å². The summed E-state index contributed by atoms with van der Waals surface area (Å²) in [5.41, 5.74) is 2.67. The monoisotopic (exact) mass is 416 g/mol. The molecule has 0 spiro atoms. The topological polar surface area (TPSA) is 75.7 Å². The second-order valence-corrected chi connectivity index (χ2v) is 9.71. The molecular formula is C22H28N2O4S. The van der Waals surface area contributed by atoms with Crippen LogP contribution >= 0.6 is 0 Å². The second-order valence-electron chi connectivity index (χ2n) is 7.77. The SMILES string of the molecule is Cc1cc(C)cc(OCC(=O)Nc2ccc(S(=O)(=O)N3CCC(C)CC3)cc2)c1. The van der Waals surface area contributed by atoms with Crippen molar-refractivity contribution in [3.63, 3.8) is 0 Å². The van der Waals surface area contributed by atoms with Crippen molar-refractivity contribution >= 4 is 21.6 Å². The first-order valence-electron chi connectivity index (χ1n) is 9.85. The Morgan fingerprint density at radius 1 is 1.07 bits per heavy atom. The lowest BCUT2D eigenvalue weighted by Gasteiger charge is -2.29. The first-order valence-corrected chi connectivity index (χ1v) is 11.3. The van der Waals surface area contributed by atoms with E-state index in [-0.39, 0.29) is 17.4 Å². The van der Waals surface area contributed by atoms with E-state index in [1.54, 1.807) is 12.1 Å². The Balaban J connectivity index is 1.57. The van der Waals surface area contributed by atoms with Gasteiger partial charge in [0.1, 0.15) is 5.75 Å². The Hall–Kier alpha value is -2.38. The van der Waals surface area contributed by atoms with Gasteiger partial charge in [-0.05, 0) is 80.1 Å². The zero-order valence-corrected chi connectivity index (χ0v) is 18.0. The number of hydrogen-bond acceptors (Lipinski definition) is 4. The van der Waals surface area contributed by atoms with E-state index in [2.05, 4.69) is 12.2 Å². The van der Waals surface area contributed by atoms with Crippen LogP contribution in [0.4, 0.5) is 5.69 Å². The van der Waals surface area contributed by atoms with Crippen LogP contribution in [0.1, 0.15) is 30.9 Å². The molecule has 7 heteroatoms. The smallest absolute Gasteiger partial charge is 0.262 e. The number of sulfonamides is 1. The number of aryl methyl sites for hydroxylation is 2. The lowest BCUT2D eigenvalue weighted by Crippen LogP contribution is -2.37. The van der Waals surface area contributed by atoms with Crippen molar-refractivity contribution in [2.24, 2.45) is 5.92 Å². The van der Waals surface area contributed by atoms with Gasteiger partial charge in [0.25, 0.3) is 5.91 Å². The summed E-state index contributed by atoms with van der Waals surface area (Å²) in [6.45, 7) is 7.08. The number of benzene rings is 2. The number of carbonyl (C=O) groups is 1. The van der Waals surface area contributed by atoms with E-state index in [9.17, 15) is 13.2 Å². The highest BCUT2D eigenvalue weighted by Crippen LogP contribution is 2.24. The van der Waals surface area contributed by atoms with Crippen molar-refractivity contribution in [2.45, 2.75) is 38.5 Å². The Morgan fingerprint density at radius 2 is 1.66 bits per heavy atom. The molecule has 1 aliphatic heterocycles. The standard InChI is InChI=1S/C22H28N2O4S/c1-16-8-10-24(11-9-16)29(26,27)21-6-4-19(5-7-21)23-22(25)15-28-20-13-17(2)12-18(3)14-20/h4-7,12-14,16H,8-11,15H2,1-3H3,(H,23,25). The van der Waals surface area contributed by atoms with Gasteiger partial charge >= 0.3 is 0 Å². The van der Waals surface area contributed by atoms with Crippen molar-refractivity contribution in [1.29, 1.82) is 0 Å². The molecule has 1 amide bonds. The average Bonchev–Trinajstić information content (AvgIpc) is 2.66. The molecule has 6 nitrogen and oxygen atoms in total. The summed E-state index contributed by atoms with van der Waals surface area (Å²) in [6.07, 6.45) is 1.77. The first-order chi connectivity index (χ1) is 13.7. The third kappa shape index (κ3) is 5.58. The molecule has 0 unspecified atom stereocenters. The van der Waals surface area contributed by atoms with Crippen molar-refractivity contribution in [1.82, 2.24) is 4.31 Å². The fourth-order valence-electron chi connectivity index (χ4n) is 3.45. The van der Waals surface area contributed by atoms with Crippen LogP contribution in [0.25, 0.3) is 0 Å². The van der Waals surface area contributed by atoms with Crippen LogP contribution in [0.2, 0.25) is 0 Å². The molecule has 0 aromatic heterocycles. The van der Waals surface area contributed by atoms with E-state index in [0.717, 1.165) is 24.0 Å². The van der Waals surface area contributed by atoms with Gasteiger partial charge in [0.05, 0.1) is 4.90 Å². The Labute approximate surface area is 172 Å². The maximum Gasteiger partial charge on any atom is 0.262 e. The lowest BCUT2D eigenvalue weighted by atomic mass is 10.0. The molecule has 1 fully saturated rings. The number of carbonyl (C=O) groups excluding carboxylic acids is 1. The lowest BCUT2D eigenvalue weighted by molar-refractivity contribution is -0.118. The molecule has 2 aromatic rings. The minimum absolute atomic E-state index is 0.116. The zero-order valence-electron chi connectivity index (χ0n) is 17.1. The number of rotatable bonds is 6. The molecule has 0 saturated carbocycles. The third-order valence-corrected chi connectivity index (χ3v) is 7.00. The summed E-state index contributed by atoms with van der Waals surface area (Å²) in [5, 5.41) is 2.73. The molecule has 3 rings (SSSR count). The molecule has 2 aromatic carbocycles. The van der Waals surface area contributed by atoms with Crippen molar-refractivity contribution in [2.75, 3.05) is 25.0 Å². The van der Waals surface area contributed by atoms with E-state index in [0.29, 0.717) is 30.4 Å². The highest BCUT2D eigenvalue weighted by Gasteiger charge is 2.27. The summed E-state index contributed by atoms with van der Waals surface area (Å²) in [4.78, 5) is 12.4. The van der Waals surface area contributed by atoms with Crippen molar-refractivity contribution < 1.29 is 17.9 Å². The van der Waals surface area contributed by atoms with Crippen LogP contribution in [0.3, 0.4) is 0 Å². The van der Waals surface area contributed by atoms with Crippen LogP contribution < -0.4 is 10.1 Å². The van der Waals surface area contributed by atoms with Crippen molar-refractivity contribution in [3.05, 3.63) is 53.6 Å². The van der Waals surface area contributed by atoms with Crippen LogP contribution in [0.15, 0.2) is 47.4 Å². The third-order valence-electron chi connectivity index (χ3n) is 5.08. The molecule has 29 heavy (non-hydrogen) atoms. The normalized spacial score (nSPS) is 15.8. The summed E-state index contributed by atoms with van der Waals surface area (Å²) >= 11 is 0. The molecule has 1 N–H and O–H groups in total. The number of nitrogens with zero attached hydrogens (tertiary/aromatic N) is 1. The average molecular weight is 417 g/mol.